The summed E-state index contributed by atoms with van der Waals surface area (Å²) in [5.74, 6) is 0. The molecule has 0 bridgehead atoms. The van der Waals surface area contributed by atoms with Crippen LogP contribution < -0.4 is 10.6 Å². The average molecular weight is 268 g/mol. The molecule has 1 saturated heterocycles. The number of hydrogen-bond acceptors (Lipinski definition) is 3. The molecule has 1 aliphatic rings. The summed E-state index contributed by atoms with van der Waals surface area (Å²) in [4.78, 5) is 20.2. The number of benzene rings is 1. The van der Waals surface area contributed by atoms with Crippen LogP contribution in [0.5, 0.6) is 0 Å². The summed E-state index contributed by atoms with van der Waals surface area (Å²) in [6.07, 6.45) is 1.74. The summed E-state index contributed by atoms with van der Waals surface area (Å²) < 4.78 is 0. The van der Waals surface area contributed by atoms with Gasteiger partial charge in [0.05, 0.1) is 12.2 Å². The van der Waals surface area contributed by atoms with Gasteiger partial charge in [-0.2, -0.15) is 0 Å². The number of hydrogen-bond donors (Lipinski definition) is 1. The molecule has 1 fully saturated rings. The summed E-state index contributed by atoms with van der Waals surface area (Å²) in [7, 11) is 0. The first-order valence-corrected chi connectivity index (χ1v) is 6.56. The van der Waals surface area contributed by atoms with Crippen LogP contribution in [0.2, 0.25) is 0 Å². The van der Waals surface area contributed by atoms with Gasteiger partial charge in [0.2, 0.25) is 0 Å². The molecule has 5 nitrogen and oxygen atoms in total. The molecule has 1 aromatic carbocycles. The van der Waals surface area contributed by atoms with Crippen LogP contribution in [-0.4, -0.2) is 29.0 Å². The maximum absolute atomic E-state index is 12.4. The number of amides is 2. The van der Waals surface area contributed by atoms with E-state index >= 15 is 0 Å². The predicted octanol–water partition coefficient (Wildman–Crippen LogP) is 2.11. The Morgan fingerprint density at radius 3 is 2.60 bits per heavy atom. The van der Waals surface area contributed by atoms with Crippen molar-refractivity contribution in [2.75, 3.05) is 23.7 Å². The van der Waals surface area contributed by atoms with Gasteiger partial charge in [-0.1, -0.05) is 6.07 Å². The summed E-state index contributed by atoms with van der Waals surface area (Å²) in [6, 6.07) is 13.1. The molecule has 0 atom stereocenters. The van der Waals surface area contributed by atoms with E-state index in [1.165, 1.54) is 0 Å². The molecule has 102 valence electrons. The highest BCUT2D eigenvalue weighted by Crippen LogP contribution is 2.22. The number of urea groups is 1. The second-order valence-corrected chi connectivity index (χ2v) is 4.77. The number of nitrogens with zero attached hydrogens (tertiary/aromatic N) is 3. The van der Waals surface area contributed by atoms with Gasteiger partial charge in [0.1, 0.15) is 0 Å². The number of anilines is 2. The molecule has 0 spiro atoms. The second-order valence-electron chi connectivity index (χ2n) is 4.77. The summed E-state index contributed by atoms with van der Waals surface area (Å²) in [6.45, 7) is 1.94. The Hall–Kier alpha value is -2.56. The molecule has 2 amide bonds. The lowest BCUT2D eigenvalue weighted by molar-refractivity contribution is 0.218. The number of aromatic nitrogens is 1. The number of nitrogens with two attached hydrogens (primary N) is 1. The topological polar surface area (TPSA) is 62.5 Å². The van der Waals surface area contributed by atoms with Gasteiger partial charge in [0, 0.05) is 30.7 Å². The number of carbonyl (C=O) groups excluding carboxylic acids is 1. The maximum atomic E-state index is 12.4. The van der Waals surface area contributed by atoms with Crippen LogP contribution in [-0.2, 0) is 6.54 Å². The van der Waals surface area contributed by atoms with Gasteiger partial charge in [-0.05, 0) is 36.4 Å². The van der Waals surface area contributed by atoms with Crippen molar-refractivity contribution in [1.82, 2.24) is 9.88 Å². The lowest BCUT2D eigenvalue weighted by Gasteiger charge is -2.18. The third kappa shape index (κ3) is 2.42. The molecule has 2 heterocycles. The molecule has 0 aliphatic carbocycles. The zero-order valence-corrected chi connectivity index (χ0v) is 11.1. The van der Waals surface area contributed by atoms with Crippen LogP contribution >= 0.6 is 0 Å². The highest BCUT2D eigenvalue weighted by atomic mass is 16.2. The molecule has 5 heteroatoms. The molecule has 0 unspecified atom stereocenters. The largest absolute Gasteiger partial charge is 0.399 e. The fraction of sp³-hybridized carbons (Fsp3) is 0.200. The zero-order valence-electron chi connectivity index (χ0n) is 11.1. The smallest absolute Gasteiger partial charge is 0.324 e. The first kappa shape index (κ1) is 12.5. The minimum absolute atomic E-state index is 0.0143. The summed E-state index contributed by atoms with van der Waals surface area (Å²) in [5.41, 5.74) is 8.15. The van der Waals surface area contributed by atoms with Gasteiger partial charge in [-0.3, -0.25) is 9.88 Å². The SMILES string of the molecule is Nc1ccc(N2CCN(Cc3ccccn3)C2=O)cc1. The van der Waals surface area contributed by atoms with Crippen LogP contribution in [0, 0.1) is 0 Å². The normalized spacial score (nSPS) is 14.9. The van der Waals surface area contributed by atoms with E-state index in [-0.39, 0.29) is 6.03 Å². The number of rotatable bonds is 3. The quantitative estimate of drug-likeness (QED) is 0.867. The molecule has 1 aromatic heterocycles. The van der Waals surface area contributed by atoms with E-state index < -0.39 is 0 Å². The molecule has 1 aliphatic heterocycles. The van der Waals surface area contributed by atoms with Crippen LogP contribution in [0.3, 0.4) is 0 Å². The van der Waals surface area contributed by atoms with Crippen molar-refractivity contribution in [3.8, 4) is 0 Å². The van der Waals surface area contributed by atoms with Gasteiger partial charge >= 0.3 is 6.03 Å². The van der Waals surface area contributed by atoms with Gasteiger partial charge in [0.25, 0.3) is 0 Å². The van der Waals surface area contributed by atoms with Crippen molar-refractivity contribution in [2.24, 2.45) is 0 Å². The first-order valence-electron chi connectivity index (χ1n) is 6.56. The first-order chi connectivity index (χ1) is 9.74. The molecular weight excluding hydrogens is 252 g/mol. The monoisotopic (exact) mass is 268 g/mol. The fourth-order valence-corrected chi connectivity index (χ4v) is 2.31. The molecule has 2 N–H and O–H groups in total. The lowest BCUT2D eigenvalue weighted by atomic mass is 10.2. The Kier molecular flexibility index (Phi) is 3.25. The van der Waals surface area contributed by atoms with Crippen molar-refractivity contribution < 1.29 is 4.79 Å². The minimum Gasteiger partial charge on any atom is -0.399 e. The van der Waals surface area contributed by atoms with E-state index in [0.29, 0.717) is 25.3 Å². The van der Waals surface area contributed by atoms with Crippen LogP contribution in [0.4, 0.5) is 16.2 Å². The van der Waals surface area contributed by atoms with Gasteiger partial charge < -0.3 is 10.6 Å². The highest BCUT2D eigenvalue weighted by Gasteiger charge is 2.29. The zero-order chi connectivity index (χ0) is 13.9. The van der Waals surface area contributed by atoms with E-state index in [1.54, 1.807) is 16.0 Å². The van der Waals surface area contributed by atoms with Crippen molar-refractivity contribution >= 4 is 17.4 Å². The van der Waals surface area contributed by atoms with Crippen LogP contribution in [0.1, 0.15) is 5.69 Å². The Morgan fingerprint density at radius 1 is 1.10 bits per heavy atom. The van der Waals surface area contributed by atoms with Crippen LogP contribution in [0.15, 0.2) is 48.7 Å². The molecule has 0 saturated carbocycles. The maximum Gasteiger partial charge on any atom is 0.324 e. The Bertz CT molecular complexity index is 597. The molecule has 3 rings (SSSR count). The summed E-state index contributed by atoms with van der Waals surface area (Å²) >= 11 is 0. The second kappa shape index (κ2) is 5.21. The Morgan fingerprint density at radius 2 is 1.90 bits per heavy atom. The van der Waals surface area contributed by atoms with Crippen molar-refractivity contribution in [1.29, 1.82) is 0 Å². The van der Waals surface area contributed by atoms with Crippen molar-refractivity contribution in [2.45, 2.75) is 6.54 Å². The summed E-state index contributed by atoms with van der Waals surface area (Å²) in [5, 5.41) is 0. The third-order valence-corrected chi connectivity index (χ3v) is 3.38. The Labute approximate surface area is 117 Å². The molecular formula is C15H16N4O. The van der Waals surface area contributed by atoms with E-state index in [9.17, 15) is 4.79 Å². The van der Waals surface area contributed by atoms with E-state index in [2.05, 4.69) is 4.98 Å². The van der Waals surface area contributed by atoms with Gasteiger partial charge in [-0.15, -0.1) is 0 Å². The number of nitrogen functional groups attached to an aromatic ring is 1. The molecule has 20 heavy (non-hydrogen) atoms. The lowest BCUT2D eigenvalue weighted by Crippen LogP contribution is -2.31. The van der Waals surface area contributed by atoms with Crippen molar-refractivity contribution in [3.05, 3.63) is 54.4 Å². The minimum atomic E-state index is 0.0143. The third-order valence-electron chi connectivity index (χ3n) is 3.38. The van der Waals surface area contributed by atoms with Crippen molar-refractivity contribution in [3.63, 3.8) is 0 Å². The fourth-order valence-electron chi connectivity index (χ4n) is 2.31. The number of carbonyl (C=O) groups is 1. The highest BCUT2D eigenvalue weighted by molar-refractivity contribution is 5.94. The van der Waals surface area contributed by atoms with Gasteiger partial charge in [0.15, 0.2) is 0 Å². The van der Waals surface area contributed by atoms with E-state index in [1.807, 2.05) is 42.5 Å². The van der Waals surface area contributed by atoms with Gasteiger partial charge in [-0.25, -0.2) is 4.79 Å². The Balaban J connectivity index is 1.72. The predicted molar refractivity (Wildman–Crippen MR) is 78.2 cm³/mol. The number of pyridine rings is 1. The standard InChI is InChI=1S/C15H16N4O/c16-12-4-6-14(7-5-12)19-10-9-18(15(19)20)11-13-3-1-2-8-17-13/h1-8H,9-11,16H2. The average Bonchev–Trinajstić information content (AvgIpc) is 2.83. The molecule has 0 radical (unpaired) electrons. The van der Waals surface area contributed by atoms with E-state index in [0.717, 1.165) is 11.4 Å². The van der Waals surface area contributed by atoms with E-state index in [4.69, 9.17) is 5.73 Å². The van der Waals surface area contributed by atoms with Crippen LogP contribution in [0.25, 0.3) is 0 Å². The molecule has 2 aromatic rings.